The highest BCUT2D eigenvalue weighted by atomic mass is 32.1. The summed E-state index contributed by atoms with van der Waals surface area (Å²) in [5.41, 5.74) is 11.3. The van der Waals surface area contributed by atoms with E-state index in [-0.39, 0.29) is 11.5 Å². The van der Waals surface area contributed by atoms with Crippen molar-refractivity contribution in [1.82, 2.24) is 14.3 Å². The van der Waals surface area contributed by atoms with E-state index in [0.717, 1.165) is 5.69 Å². The maximum atomic E-state index is 11.4. The molecule has 9 nitrogen and oxygen atoms in total. The van der Waals surface area contributed by atoms with Gasteiger partial charge in [-0.3, -0.25) is 9.59 Å². The number of primary amides is 2. The zero-order valence-corrected chi connectivity index (χ0v) is 12.8. The highest BCUT2D eigenvalue weighted by molar-refractivity contribution is 7.10. The first-order valence-corrected chi connectivity index (χ1v) is 7.07. The molecule has 0 aliphatic rings. The Morgan fingerprint density at radius 1 is 1.36 bits per heavy atom. The van der Waals surface area contributed by atoms with Gasteiger partial charge in [-0.15, -0.1) is 0 Å². The molecule has 0 saturated heterocycles. The first-order chi connectivity index (χ1) is 10.4. The Labute approximate surface area is 130 Å². The minimum atomic E-state index is -0.717. The molecule has 0 saturated carbocycles. The third-order valence-corrected chi connectivity index (χ3v) is 3.46. The molecular weight excluding hydrogens is 306 g/mol. The second-order valence-electron chi connectivity index (χ2n) is 4.54. The lowest BCUT2D eigenvalue weighted by Gasteiger charge is -2.13. The first-order valence-electron chi connectivity index (χ1n) is 6.30. The van der Waals surface area contributed by atoms with E-state index in [2.05, 4.69) is 25.0 Å². The predicted octanol–water partition coefficient (Wildman–Crippen LogP) is 0.370. The van der Waals surface area contributed by atoms with Crippen LogP contribution < -0.4 is 22.1 Å². The van der Waals surface area contributed by atoms with Gasteiger partial charge in [-0.25, -0.2) is 9.97 Å². The topological polar surface area (TPSA) is 149 Å². The van der Waals surface area contributed by atoms with E-state index >= 15 is 0 Å². The van der Waals surface area contributed by atoms with Crippen molar-refractivity contribution < 1.29 is 9.59 Å². The Morgan fingerprint density at radius 3 is 2.64 bits per heavy atom. The number of hydrogen-bond donors (Lipinski definition) is 4. The highest BCUT2D eigenvalue weighted by Crippen LogP contribution is 2.23. The van der Waals surface area contributed by atoms with Crippen LogP contribution in [0.4, 0.5) is 16.6 Å². The summed E-state index contributed by atoms with van der Waals surface area (Å²) in [7, 11) is 0. The molecule has 2 rings (SSSR count). The molecule has 0 unspecified atom stereocenters. The van der Waals surface area contributed by atoms with E-state index in [1.807, 2.05) is 6.92 Å². The van der Waals surface area contributed by atoms with Crippen LogP contribution >= 0.6 is 11.5 Å². The zero-order chi connectivity index (χ0) is 16.3. The molecule has 0 radical (unpaired) electrons. The van der Waals surface area contributed by atoms with Crippen LogP contribution in [0.15, 0.2) is 12.3 Å². The monoisotopic (exact) mass is 321 g/mol. The second-order valence-corrected chi connectivity index (χ2v) is 5.35. The number of nitrogens with two attached hydrogens (primary N) is 2. The quantitative estimate of drug-likeness (QED) is 0.600. The van der Waals surface area contributed by atoms with Crippen molar-refractivity contribution >= 4 is 40.0 Å². The Kier molecular flexibility index (Phi) is 4.51. The number of aromatic nitrogens is 3. The average molecular weight is 321 g/mol. The summed E-state index contributed by atoms with van der Waals surface area (Å²) < 4.78 is 4.12. The fourth-order valence-electron chi connectivity index (χ4n) is 1.56. The molecule has 2 aromatic rings. The summed E-state index contributed by atoms with van der Waals surface area (Å²) in [5, 5.41) is 6.42. The van der Waals surface area contributed by atoms with Crippen LogP contribution in [0.25, 0.3) is 0 Å². The second kappa shape index (κ2) is 6.35. The highest BCUT2D eigenvalue weighted by Gasteiger charge is 2.16. The third-order valence-electron chi connectivity index (χ3n) is 2.67. The van der Waals surface area contributed by atoms with Crippen molar-refractivity contribution in [3.8, 4) is 0 Å². The van der Waals surface area contributed by atoms with Crippen molar-refractivity contribution in [2.24, 2.45) is 11.5 Å². The lowest BCUT2D eigenvalue weighted by Crippen LogP contribution is -2.33. The van der Waals surface area contributed by atoms with Crippen molar-refractivity contribution in [3.63, 3.8) is 0 Å². The molecule has 0 aliphatic heterocycles. The molecule has 2 heterocycles. The molecular formula is C12H15N7O2S. The molecule has 0 fully saturated rings. The fraction of sp³-hybridized carbons (Fsp3) is 0.250. The van der Waals surface area contributed by atoms with Crippen LogP contribution in [0, 0.1) is 6.92 Å². The number of nitrogens with one attached hydrogen (secondary N) is 2. The number of hydrogen-bond acceptors (Lipinski definition) is 8. The van der Waals surface area contributed by atoms with E-state index in [9.17, 15) is 9.59 Å². The molecule has 116 valence electrons. The van der Waals surface area contributed by atoms with Gasteiger partial charge in [-0.05, 0) is 31.4 Å². The molecule has 10 heteroatoms. The third kappa shape index (κ3) is 3.67. The first kappa shape index (κ1) is 15.6. The molecule has 6 N–H and O–H groups in total. The van der Waals surface area contributed by atoms with Crippen LogP contribution in [0.3, 0.4) is 0 Å². The van der Waals surface area contributed by atoms with Gasteiger partial charge in [0, 0.05) is 0 Å². The molecule has 0 spiro atoms. The van der Waals surface area contributed by atoms with Gasteiger partial charge >= 0.3 is 0 Å². The molecule has 0 bridgehead atoms. The van der Waals surface area contributed by atoms with E-state index in [4.69, 9.17) is 11.5 Å². The van der Waals surface area contributed by atoms with Gasteiger partial charge < -0.3 is 22.1 Å². The molecule has 2 amide bonds. The predicted molar refractivity (Wildman–Crippen MR) is 83.0 cm³/mol. The lowest BCUT2D eigenvalue weighted by molar-refractivity contribution is -0.118. The smallest absolute Gasteiger partial charge is 0.271 e. The summed E-state index contributed by atoms with van der Waals surface area (Å²) in [6.07, 6.45) is 1.31. The van der Waals surface area contributed by atoms with Gasteiger partial charge in [-0.2, -0.15) is 4.37 Å². The van der Waals surface area contributed by atoms with E-state index in [1.165, 1.54) is 17.7 Å². The van der Waals surface area contributed by atoms with Crippen molar-refractivity contribution in [3.05, 3.63) is 23.7 Å². The zero-order valence-electron chi connectivity index (χ0n) is 12.0. The van der Waals surface area contributed by atoms with E-state index in [1.54, 1.807) is 13.0 Å². The van der Waals surface area contributed by atoms with Crippen LogP contribution in [-0.2, 0) is 4.79 Å². The van der Waals surface area contributed by atoms with Crippen LogP contribution in [-0.4, -0.2) is 32.2 Å². The van der Waals surface area contributed by atoms with Gasteiger partial charge in [0.25, 0.3) is 5.91 Å². The summed E-state index contributed by atoms with van der Waals surface area (Å²) in [6.45, 7) is 3.43. The Morgan fingerprint density at radius 2 is 2.09 bits per heavy atom. The maximum Gasteiger partial charge on any atom is 0.271 e. The number of carbonyl (C=O) groups excluding carboxylic acids is 2. The lowest BCUT2D eigenvalue weighted by atomic mass is 10.3. The molecule has 0 aromatic carbocycles. The molecule has 2 aromatic heterocycles. The van der Waals surface area contributed by atoms with Crippen molar-refractivity contribution in [1.29, 1.82) is 0 Å². The number of anilines is 3. The van der Waals surface area contributed by atoms with E-state index < -0.39 is 17.9 Å². The van der Waals surface area contributed by atoms with Crippen molar-refractivity contribution in [2.45, 2.75) is 19.9 Å². The number of aryl methyl sites for hydroxylation is 1. The Bertz CT molecular complexity index is 715. The molecule has 1 atom stereocenters. The van der Waals surface area contributed by atoms with Crippen LogP contribution in [0.1, 0.15) is 23.1 Å². The summed E-state index contributed by atoms with van der Waals surface area (Å²) in [6, 6.07) is 1.16. The molecule has 22 heavy (non-hydrogen) atoms. The minimum Gasteiger partial charge on any atom is -0.368 e. The number of rotatable bonds is 6. The minimum absolute atomic E-state index is 0.0108. The van der Waals surface area contributed by atoms with Gasteiger partial charge in [0.2, 0.25) is 5.91 Å². The van der Waals surface area contributed by atoms with Gasteiger partial charge in [0.05, 0.1) is 11.9 Å². The molecule has 0 aliphatic carbocycles. The largest absolute Gasteiger partial charge is 0.368 e. The maximum absolute atomic E-state index is 11.4. The summed E-state index contributed by atoms with van der Waals surface area (Å²) in [5.74, 6) is -0.781. The Balaban J connectivity index is 2.31. The standard InChI is InChI=1S/C12H15N7O2S/c1-5-3-8(22-19-5)18-12-9(11(14)21)15-4-7(17-12)16-6(2)10(13)20/h3-4,6H,1-2H3,(H2,13,20)(H2,14,21)(H2,16,17,18)/t6-/m1/s1. The van der Waals surface area contributed by atoms with Gasteiger partial charge in [0.1, 0.15) is 16.9 Å². The van der Waals surface area contributed by atoms with E-state index in [0.29, 0.717) is 10.8 Å². The van der Waals surface area contributed by atoms with Crippen LogP contribution in [0.5, 0.6) is 0 Å². The van der Waals surface area contributed by atoms with Gasteiger partial charge in [-0.1, -0.05) is 0 Å². The number of carbonyl (C=O) groups is 2. The van der Waals surface area contributed by atoms with Crippen molar-refractivity contribution in [2.75, 3.05) is 10.6 Å². The Hall–Kier alpha value is -2.75. The average Bonchev–Trinajstić information content (AvgIpc) is 2.83. The van der Waals surface area contributed by atoms with Crippen LogP contribution in [0.2, 0.25) is 0 Å². The fourth-order valence-corrected chi connectivity index (χ4v) is 2.22. The summed E-state index contributed by atoms with van der Waals surface area (Å²) >= 11 is 1.21. The van der Waals surface area contributed by atoms with Gasteiger partial charge in [0.15, 0.2) is 11.5 Å². The summed E-state index contributed by atoms with van der Waals surface area (Å²) in [4.78, 5) is 30.7. The number of amides is 2. The number of nitrogens with zero attached hydrogens (tertiary/aromatic N) is 3. The SMILES string of the molecule is Cc1cc(Nc2nc(N[C@H](C)C(N)=O)cnc2C(N)=O)sn1. The normalized spacial score (nSPS) is 11.7.